The van der Waals surface area contributed by atoms with Crippen molar-refractivity contribution in [3.05, 3.63) is 30.1 Å². The van der Waals surface area contributed by atoms with Gasteiger partial charge in [-0.05, 0) is 18.1 Å². The number of ether oxygens (including phenoxy) is 1. The number of nitrogen functional groups attached to an aromatic ring is 1. The summed E-state index contributed by atoms with van der Waals surface area (Å²) < 4.78 is 5.56. The quantitative estimate of drug-likeness (QED) is 0.776. The Morgan fingerprint density at radius 3 is 3.04 bits per heavy atom. The normalized spacial score (nSPS) is 13.4. The molecule has 8 nitrogen and oxygen atoms in total. The average Bonchev–Trinajstić information content (AvgIpc) is 2.57. The molecule has 1 amide bonds. The molecule has 8 heteroatoms. The lowest BCUT2D eigenvalue weighted by atomic mass is 10.2. The van der Waals surface area contributed by atoms with Crippen LogP contribution in [-0.4, -0.2) is 34.0 Å². The van der Waals surface area contributed by atoms with E-state index in [4.69, 9.17) is 10.5 Å². The zero-order valence-electron chi connectivity index (χ0n) is 13.5. The first-order valence-corrected chi connectivity index (χ1v) is 7.91. The van der Waals surface area contributed by atoms with Crippen molar-refractivity contribution in [1.82, 2.24) is 15.0 Å². The summed E-state index contributed by atoms with van der Waals surface area (Å²) in [4.78, 5) is 26.5. The zero-order chi connectivity index (χ0) is 16.9. The highest BCUT2D eigenvalue weighted by Gasteiger charge is 2.27. The van der Waals surface area contributed by atoms with Gasteiger partial charge in [-0.3, -0.25) is 9.78 Å². The molecule has 0 saturated heterocycles. The Balaban J connectivity index is 1.89. The Morgan fingerprint density at radius 1 is 1.42 bits per heavy atom. The number of nitrogens with two attached hydrogens (primary N) is 1. The monoisotopic (exact) mass is 328 g/mol. The van der Waals surface area contributed by atoms with Crippen LogP contribution >= 0.6 is 0 Å². The van der Waals surface area contributed by atoms with E-state index in [1.165, 1.54) is 0 Å². The summed E-state index contributed by atoms with van der Waals surface area (Å²) in [5.74, 6) is 0.620. The summed E-state index contributed by atoms with van der Waals surface area (Å²) in [6.45, 7) is 3.30. The molecule has 0 fully saturated rings. The van der Waals surface area contributed by atoms with Gasteiger partial charge in [0.1, 0.15) is 5.69 Å². The Hall–Kier alpha value is -2.90. The number of hydrogen-bond donors (Lipinski definition) is 2. The van der Waals surface area contributed by atoms with Gasteiger partial charge in [0.25, 0.3) is 0 Å². The maximum absolute atomic E-state index is 12.0. The van der Waals surface area contributed by atoms with Gasteiger partial charge in [-0.2, -0.15) is 9.97 Å². The minimum atomic E-state index is -0.152. The van der Waals surface area contributed by atoms with Gasteiger partial charge in [0.15, 0.2) is 11.6 Å². The summed E-state index contributed by atoms with van der Waals surface area (Å²) in [5.41, 5.74) is 7.38. The number of carbonyl (C=O) groups excluding carboxylic acids is 1. The van der Waals surface area contributed by atoms with Crippen LogP contribution in [0.5, 0.6) is 6.01 Å². The largest absolute Gasteiger partial charge is 0.463 e. The molecule has 1 aliphatic heterocycles. The fourth-order valence-electron chi connectivity index (χ4n) is 2.44. The van der Waals surface area contributed by atoms with Gasteiger partial charge in [0, 0.05) is 18.9 Å². The van der Waals surface area contributed by atoms with E-state index in [-0.39, 0.29) is 24.3 Å². The van der Waals surface area contributed by atoms with Crippen molar-refractivity contribution in [2.75, 3.05) is 29.1 Å². The molecule has 2 aromatic rings. The van der Waals surface area contributed by atoms with Gasteiger partial charge in [-0.1, -0.05) is 19.4 Å². The number of anilines is 3. The average molecular weight is 328 g/mol. The Kier molecular flexibility index (Phi) is 4.74. The zero-order valence-corrected chi connectivity index (χ0v) is 13.5. The minimum absolute atomic E-state index is 0.152. The van der Waals surface area contributed by atoms with Crippen molar-refractivity contribution < 1.29 is 9.53 Å². The summed E-state index contributed by atoms with van der Waals surface area (Å²) >= 11 is 0. The van der Waals surface area contributed by atoms with E-state index in [0.717, 1.165) is 18.4 Å². The summed E-state index contributed by atoms with van der Waals surface area (Å²) in [6.07, 6.45) is 5.40. The van der Waals surface area contributed by atoms with Crippen LogP contribution in [0.3, 0.4) is 0 Å². The Bertz CT molecular complexity index is 722. The highest BCUT2D eigenvalue weighted by molar-refractivity contribution is 6.03. The predicted molar refractivity (Wildman–Crippen MR) is 90.8 cm³/mol. The van der Waals surface area contributed by atoms with Gasteiger partial charge in [0.2, 0.25) is 5.91 Å². The maximum atomic E-state index is 12.0. The number of carbonyl (C=O) groups is 1. The molecule has 0 spiro atoms. The summed E-state index contributed by atoms with van der Waals surface area (Å²) in [5, 5.41) is 2.74. The molecule has 0 aliphatic carbocycles. The molecule has 0 aromatic carbocycles. The van der Waals surface area contributed by atoms with E-state index in [9.17, 15) is 4.79 Å². The highest BCUT2D eigenvalue weighted by Crippen LogP contribution is 2.34. The van der Waals surface area contributed by atoms with Crippen LogP contribution in [0.15, 0.2) is 24.5 Å². The molecular weight excluding hydrogens is 308 g/mol. The SMILES string of the molecule is CCCCOc1nc(N)c2c(n1)N(Cc1cccnc1)CC(=O)N2. The number of amides is 1. The molecule has 2 aromatic heterocycles. The number of hydrogen-bond acceptors (Lipinski definition) is 7. The fraction of sp³-hybridized carbons (Fsp3) is 0.375. The number of fused-ring (bicyclic) bond motifs is 1. The minimum Gasteiger partial charge on any atom is -0.463 e. The lowest BCUT2D eigenvalue weighted by molar-refractivity contribution is -0.115. The molecule has 3 rings (SSSR count). The van der Waals surface area contributed by atoms with E-state index in [2.05, 4.69) is 27.2 Å². The van der Waals surface area contributed by atoms with Crippen molar-refractivity contribution in [2.45, 2.75) is 26.3 Å². The molecule has 24 heavy (non-hydrogen) atoms. The number of aromatic nitrogens is 3. The highest BCUT2D eigenvalue weighted by atomic mass is 16.5. The molecule has 1 aliphatic rings. The lowest BCUT2D eigenvalue weighted by Gasteiger charge is -2.30. The molecule has 0 radical (unpaired) electrons. The predicted octanol–water partition coefficient (Wildman–Crippen LogP) is 1.59. The molecule has 0 bridgehead atoms. The van der Waals surface area contributed by atoms with Gasteiger partial charge < -0.3 is 20.7 Å². The molecule has 0 unspecified atom stereocenters. The molecule has 3 heterocycles. The van der Waals surface area contributed by atoms with Crippen LogP contribution in [0, 0.1) is 0 Å². The number of nitrogens with one attached hydrogen (secondary N) is 1. The van der Waals surface area contributed by atoms with Crippen LogP contribution in [0.1, 0.15) is 25.3 Å². The lowest BCUT2D eigenvalue weighted by Crippen LogP contribution is -2.39. The second-order valence-corrected chi connectivity index (χ2v) is 5.56. The topological polar surface area (TPSA) is 106 Å². The first-order valence-electron chi connectivity index (χ1n) is 7.91. The molecule has 3 N–H and O–H groups in total. The number of nitrogens with zero attached hydrogens (tertiary/aromatic N) is 4. The molecule has 0 saturated carbocycles. The molecular formula is C16H20N6O2. The van der Waals surface area contributed by atoms with Gasteiger partial charge in [-0.25, -0.2) is 0 Å². The maximum Gasteiger partial charge on any atom is 0.320 e. The standard InChI is InChI=1S/C16H20N6O2/c1-2-3-7-24-16-20-14(17)13-15(21-16)22(10-12(23)19-13)9-11-5-4-6-18-8-11/h4-6,8H,2-3,7,9-10H2,1H3,(H,19,23)(H2,17,20,21). The van der Waals surface area contributed by atoms with E-state index in [1.807, 2.05) is 17.0 Å². The van der Waals surface area contributed by atoms with Gasteiger partial charge in [-0.15, -0.1) is 0 Å². The van der Waals surface area contributed by atoms with E-state index < -0.39 is 0 Å². The summed E-state index contributed by atoms with van der Waals surface area (Å²) in [7, 11) is 0. The van der Waals surface area contributed by atoms with Gasteiger partial charge >= 0.3 is 6.01 Å². The van der Waals surface area contributed by atoms with E-state index >= 15 is 0 Å². The molecule has 0 atom stereocenters. The third-order valence-corrected chi connectivity index (χ3v) is 3.62. The van der Waals surface area contributed by atoms with Crippen LogP contribution in [0.2, 0.25) is 0 Å². The first-order chi connectivity index (χ1) is 11.7. The number of rotatable bonds is 6. The first kappa shape index (κ1) is 16.0. The van der Waals surface area contributed by atoms with Crippen molar-refractivity contribution in [2.24, 2.45) is 0 Å². The van der Waals surface area contributed by atoms with Crippen molar-refractivity contribution in [1.29, 1.82) is 0 Å². The van der Waals surface area contributed by atoms with E-state index in [1.54, 1.807) is 12.4 Å². The van der Waals surface area contributed by atoms with Crippen LogP contribution in [0.4, 0.5) is 17.3 Å². The third-order valence-electron chi connectivity index (χ3n) is 3.62. The van der Waals surface area contributed by atoms with Crippen molar-refractivity contribution in [3.8, 4) is 6.01 Å². The van der Waals surface area contributed by atoms with Crippen LogP contribution < -0.4 is 20.7 Å². The number of pyridine rings is 1. The smallest absolute Gasteiger partial charge is 0.320 e. The van der Waals surface area contributed by atoms with Crippen molar-refractivity contribution >= 4 is 23.2 Å². The van der Waals surface area contributed by atoms with Crippen LogP contribution in [0.25, 0.3) is 0 Å². The van der Waals surface area contributed by atoms with E-state index in [0.29, 0.717) is 24.7 Å². The fourth-order valence-corrected chi connectivity index (χ4v) is 2.44. The third kappa shape index (κ3) is 3.53. The second-order valence-electron chi connectivity index (χ2n) is 5.56. The number of unbranched alkanes of at least 4 members (excludes halogenated alkanes) is 1. The Labute approximate surface area is 140 Å². The summed E-state index contributed by atoms with van der Waals surface area (Å²) in [6, 6.07) is 4.03. The molecule has 126 valence electrons. The second kappa shape index (κ2) is 7.12. The van der Waals surface area contributed by atoms with Crippen molar-refractivity contribution in [3.63, 3.8) is 0 Å². The Morgan fingerprint density at radius 2 is 2.29 bits per heavy atom. The van der Waals surface area contributed by atoms with Gasteiger partial charge in [0.05, 0.1) is 13.2 Å². The van der Waals surface area contributed by atoms with Crippen LogP contribution in [-0.2, 0) is 11.3 Å².